The molecule has 1 aromatic carbocycles. The average Bonchev–Trinajstić information content (AvgIpc) is 2.95. The molecule has 0 amide bonds. The first-order valence-electron chi connectivity index (χ1n) is 6.77. The Hall–Kier alpha value is -2.17. The van der Waals surface area contributed by atoms with Crippen LogP contribution in [0, 0.1) is 5.82 Å². The number of anilines is 1. The first-order valence-corrected chi connectivity index (χ1v) is 6.77. The molecule has 0 radical (unpaired) electrons. The van der Waals surface area contributed by atoms with Crippen LogP contribution in [-0.4, -0.2) is 15.1 Å². The standard InChI is InChI=1S/C15H16FN3O/c16-11-7-10(5-6-13(11)20)15-18-12(8-14(17)19-15)9-3-1-2-4-9/h5-9,20H,1-4H2,(H2,17,18,19). The Morgan fingerprint density at radius 3 is 2.60 bits per heavy atom. The van der Waals surface area contributed by atoms with Crippen LogP contribution in [0.5, 0.6) is 5.75 Å². The molecule has 0 spiro atoms. The number of hydrogen-bond donors (Lipinski definition) is 2. The number of nitrogen functional groups attached to an aromatic ring is 1. The Labute approximate surface area is 116 Å². The zero-order chi connectivity index (χ0) is 14.1. The molecule has 0 bridgehead atoms. The molecule has 5 heteroatoms. The number of rotatable bonds is 2. The molecule has 0 unspecified atom stereocenters. The maximum absolute atomic E-state index is 13.4. The summed E-state index contributed by atoms with van der Waals surface area (Å²) in [7, 11) is 0. The summed E-state index contributed by atoms with van der Waals surface area (Å²) in [4.78, 5) is 8.68. The highest BCUT2D eigenvalue weighted by molar-refractivity contribution is 5.58. The van der Waals surface area contributed by atoms with E-state index in [1.54, 1.807) is 12.1 Å². The lowest BCUT2D eigenvalue weighted by Gasteiger charge is -2.11. The molecule has 3 N–H and O–H groups in total. The lowest BCUT2D eigenvalue weighted by atomic mass is 10.0. The van der Waals surface area contributed by atoms with E-state index in [1.165, 1.54) is 25.0 Å². The molecule has 3 rings (SSSR count). The number of benzene rings is 1. The van der Waals surface area contributed by atoms with Crippen LogP contribution in [0.3, 0.4) is 0 Å². The van der Waals surface area contributed by atoms with Crippen molar-refractivity contribution < 1.29 is 9.50 Å². The van der Waals surface area contributed by atoms with Crippen LogP contribution in [0.1, 0.15) is 37.3 Å². The Morgan fingerprint density at radius 1 is 1.15 bits per heavy atom. The monoisotopic (exact) mass is 273 g/mol. The molecule has 1 saturated carbocycles. The predicted octanol–water partition coefficient (Wildman–Crippen LogP) is 3.23. The van der Waals surface area contributed by atoms with Gasteiger partial charge in [-0.2, -0.15) is 0 Å². The Bertz CT molecular complexity index is 639. The highest BCUT2D eigenvalue weighted by Crippen LogP contribution is 2.34. The molecular formula is C15H16FN3O. The van der Waals surface area contributed by atoms with E-state index < -0.39 is 5.82 Å². The summed E-state index contributed by atoms with van der Waals surface area (Å²) < 4.78 is 13.4. The van der Waals surface area contributed by atoms with Crippen LogP contribution in [0.4, 0.5) is 10.2 Å². The van der Waals surface area contributed by atoms with Crippen molar-refractivity contribution in [2.45, 2.75) is 31.6 Å². The Balaban J connectivity index is 2.02. The van der Waals surface area contributed by atoms with Gasteiger partial charge in [0.25, 0.3) is 0 Å². The highest BCUT2D eigenvalue weighted by Gasteiger charge is 2.20. The SMILES string of the molecule is Nc1cc(C2CCCC2)nc(-c2ccc(O)c(F)c2)n1. The maximum Gasteiger partial charge on any atom is 0.165 e. The molecule has 0 aliphatic heterocycles. The predicted molar refractivity (Wildman–Crippen MR) is 74.7 cm³/mol. The second kappa shape index (κ2) is 5.07. The van der Waals surface area contributed by atoms with Gasteiger partial charge in [-0.3, -0.25) is 0 Å². The van der Waals surface area contributed by atoms with Gasteiger partial charge in [0.15, 0.2) is 17.4 Å². The van der Waals surface area contributed by atoms with E-state index in [0.717, 1.165) is 18.5 Å². The summed E-state index contributed by atoms with van der Waals surface area (Å²) in [6, 6.07) is 5.91. The van der Waals surface area contributed by atoms with Gasteiger partial charge in [0.05, 0.1) is 0 Å². The van der Waals surface area contributed by atoms with E-state index in [9.17, 15) is 9.50 Å². The average molecular weight is 273 g/mol. The van der Waals surface area contributed by atoms with E-state index >= 15 is 0 Å². The van der Waals surface area contributed by atoms with Gasteiger partial charge in [0.1, 0.15) is 5.82 Å². The third-order valence-corrected chi connectivity index (χ3v) is 3.75. The molecule has 1 aliphatic rings. The van der Waals surface area contributed by atoms with Crippen molar-refractivity contribution in [3.63, 3.8) is 0 Å². The third kappa shape index (κ3) is 2.43. The minimum Gasteiger partial charge on any atom is -0.505 e. The van der Waals surface area contributed by atoms with Crippen molar-refractivity contribution in [1.29, 1.82) is 0 Å². The van der Waals surface area contributed by atoms with E-state index in [4.69, 9.17) is 5.73 Å². The fraction of sp³-hybridized carbons (Fsp3) is 0.333. The maximum atomic E-state index is 13.4. The van der Waals surface area contributed by atoms with Gasteiger partial charge in [0.2, 0.25) is 0 Å². The largest absolute Gasteiger partial charge is 0.505 e. The quantitative estimate of drug-likeness (QED) is 0.881. The lowest BCUT2D eigenvalue weighted by molar-refractivity contribution is 0.432. The van der Waals surface area contributed by atoms with Gasteiger partial charge in [-0.25, -0.2) is 14.4 Å². The van der Waals surface area contributed by atoms with Gasteiger partial charge in [0, 0.05) is 23.2 Å². The fourth-order valence-electron chi connectivity index (χ4n) is 2.69. The van der Waals surface area contributed by atoms with Crippen molar-refractivity contribution in [1.82, 2.24) is 9.97 Å². The number of phenolic OH excluding ortho intramolecular Hbond substituents is 1. The molecule has 4 nitrogen and oxygen atoms in total. The first-order chi connectivity index (χ1) is 9.63. The van der Waals surface area contributed by atoms with Gasteiger partial charge in [-0.1, -0.05) is 12.8 Å². The summed E-state index contributed by atoms with van der Waals surface area (Å²) in [5.74, 6) is 0.154. The molecule has 1 heterocycles. The number of nitrogens with two attached hydrogens (primary N) is 1. The minimum atomic E-state index is -0.684. The number of nitrogens with zero attached hydrogens (tertiary/aromatic N) is 2. The van der Waals surface area contributed by atoms with E-state index in [0.29, 0.717) is 23.1 Å². The molecule has 20 heavy (non-hydrogen) atoms. The fourth-order valence-corrected chi connectivity index (χ4v) is 2.69. The summed E-state index contributed by atoms with van der Waals surface area (Å²) in [6.07, 6.45) is 4.63. The van der Waals surface area contributed by atoms with Gasteiger partial charge in [-0.15, -0.1) is 0 Å². The zero-order valence-corrected chi connectivity index (χ0v) is 11.0. The van der Waals surface area contributed by atoms with Crippen molar-refractivity contribution in [2.75, 3.05) is 5.73 Å². The van der Waals surface area contributed by atoms with Crippen LogP contribution < -0.4 is 5.73 Å². The van der Waals surface area contributed by atoms with Crippen LogP contribution in [0.25, 0.3) is 11.4 Å². The van der Waals surface area contributed by atoms with Crippen molar-refractivity contribution in [3.05, 3.63) is 35.8 Å². The van der Waals surface area contributed by atoms with Crippen LogP contribution >= 0.6 is 0 Å². The first kappa shape index (κ1) is 12.8. The molecule has 0 saturated heterocycles. The molecule has 2 aromatic rings. The third-order valence-electron chi connectivity index (χ3n) is 3.75. The lowest BCUT2D eigenvalue weighted by Crippen LogP contribution is -2.03. The Kier molecular flexibility index (Phi) is 3.26. The van der Waals surface area contributed by atoms with E-state index in [-0.39, 0.29) is 5.75 Å². The minimum absolute atomic E-state index is 0.381. The number of hydrogen-bond acceptors (Lipinski definition) is 4. The molecule has 1 fully saturated rings. The van der Waals surface area contributed by atoms with E-state index in [2.05, 4.69) is 9.97 Å². The number of aromatic nitrogens is 2. The number of halogens is 1. The smallest absolute Gasteiger partial charge is 0.165 e. The topological polar surface area (TPSA) is 72.0 Å². The number of aromatic hydroxyl groups is 1. The summed E-state index contributed by atoms with van der Waals surface area (Å²) in [5, 5.41) is 9.23. The highest BCUT2D eigenvalue weighted by atomic mass is 19.1. The zero-order valence-electron chi connectivity index (χ0n) is 11.0. The van der Waals surface area contributed by atoms with E-state index in [1.807, 2.05) is 0 Å². The second-order valence-corrected chi connectivity index (χ2v) is 5.19. The summed E-state index contributed by atoms with van der Waals surface area (Å²) >= 11 is 0. The van der Waals surface area contributed by atoms with Crippen molar-refractivity contribution in [2.24, 2.45) is 0 Å². The molecule has 1 aromatic heterocycles. The summed E-state index contributed by atoms with van der Waals surface area (Å²) in [5.41, 5.74) is 7.29. The molecule has 0 atom stereocenters. The van der Waals surface area contributed by atoms with Gasteiger partial charge >= 0.3 is 0 Å². The molecule has 104 valence electrons. The number of phenols is 1. The van der Waals surface area contributed by atoms with Crippen LogP contribution in [-0.2, 0) is 0 Å². The van der Waals surface area contributed by atoms with Crippen molar-refractivity contribution in [3.8, 4) is 17.1 Å². The van der Waals surface area contributed by atoms with Gasteiger partial charge in [-0.05, 0) is 31.0 Å². The summed E-state index contributed by atoms with van der Waals surface area (Å²) in [6.45, 7) is 0. The van der Waals surface area contributed by atoms with Crippen LogP contribution in [0.15, 0.2) is 24.3 Å². The normalized spacial score (nSPS) is 15.7. The van der Waals surface area contributed by atoms with Crippen molar-refractivity contribution >= 4 is 5.82 Å². The molecule has 1 aliphatic carbocycles. The van der Waals surface area contributed by atoms with Crippen LogP contribution in [0.2, 0.25) is 0 Å². The second-order valence-electron chi connectivity index (χ2n) is 5.19. The van der Waals surface area contributed by atoms with Gasteiger partial charge < -0.3 is 10.8 Å². The Morgan fingerprint density at radius 2 is 1.90 bits per heavy atom. The molecular weight excluding hydrogens is 257 g/mol.